The molecular weight excluding hydrogens is 462 g/mol. The second-order valence-corrected chi connectivity index (χ2v) is 8.64. The van der Waals surface area contributed by atoms with Gasteiger partial charge >= 0.3 is 0 Å². The van der Waals surface area contributed by atoms with Crippen LogP contribution in [0.3, 0.4) is 0 Å². The van der Waals surface area contributed by atoms with E-state index in [1.54, 1.807) is 30.5 Å². The van der Waals surface area contributed by atoms with Gasteiger partial charge in [0.1, 0.15) is 11.3 Å². The van der Waals surface area contributed by atoms with Gasteiger partial charge < -0.3 is 5.11 Å². The van der Waals surface area contributed by atoms with E-state index in [-0.39, 0.29) is 11.7 Å². The Kier molecular flexibility index (Phi) is 6.08. The Balaban J connectivity index is 1.92. The summed E-state index contributed by atoms with van der Waals surface area (Å²) in [5, 5.41) is 13.9. The van der Waals surface area contributed by atoms with Gasteiger partial charge in [-0.25, -0.2) is 0 Å². The minimum Gasteiger partial charge on any atom is -0.505 e. The van der Waals surface area contributed by atoms with Gasteiger partial charge in [0.15, 0.2) is 0 Å². The molecule has 1 unspecified atom stereocenters. The monoisotopic (exact) mass is 476 g/mol. The van der Waals surface area contributed by atoms with Crippen LogP contribution >= 0.6 is 46.4 Å². The van der Waals surface area contributed by atoms with Crippen LogP contribution in [0.2, 0.25) is 20.1 Å². The highest BCUT2D eigenvalue weighted by atomic mass is 35.5. The Morgan fingerprint density at radius 1 is 0.900 bits per heavy atom. The Morgan fingerprint density at radius 3 is 2.50 bits per heavy atom. The number of aromatic nitrogens is 2. The third-order valence-corrected chi connectivity index (χ3v) is 6.35. The van der Waals surface area contributed by atoms with Crippen molar-refractivity contribution in [1.82, 2.24) is 9.97 Å². The molecule has 4 aromatic rings. The molecular formula is C23H16Cl4N2O. The number of halogens is 4. The van der Waals surface area contributed by atoms with Gasteiger partial charge in [-0.1, -0.05) is 64.6 Å². The predicted molar refractivity (Wildman–Crippen MR) is 124 cm³/mol. The zero-order valence-electron chi connectivity index (χ0n) is 15.8. The van der Waals surface area contributed by atoms with Crippen molar-refractivity contribution in [2.24, 2.45) is 0 Å². The number of aromatic hydroxyl groups is 1. The summed E-state index contributed by atoms with van der Waals surface area (Å²) in [7, 11) is 0. The topological polar surface area (TPSA) is 46.0 Å². The van der Waals surface area contributed by atoms with Crippen LogP contribution < -0.4 is 0 Å². The van der Waals surface area contributed by atoms with E-state index in [0.717, 1.165) is 10.9 Å². The molecule has 4 rings (SSSR count). The number of phenols is 1. The molecule has 0 saturated heterocycles. The lowest BCUT2D eigenvalue weighted by molar-refractivity contribution is 0.469. The van der Waals surface area contributed by atoms with Gasteiger partial charge in [0.05, 0.1) is 21.4 Å². The number of hydrogen-bond acceptors (Lipinski definition) is 3. The van der Waals surface area contributed by atoms with E-state index in [4.69, 9.17) is 46.4 Å². The van der Waals surface area contributed by atoms with Gasteiger partial charge in [-0.3, -0.25) is 9.97 Å². The summed E-state index contributed by atoms with van der Waals surface area (Å²) >= 11 is 25.4. The zero-order valence-corrected chi connectivity index (χ0v) is 18.9. The summed E-state index contributed by atoms with van der Waals surface area (Å²) in [6.45, 7) is 1.82. The van der Waals surface area contributed by atoms with Gasteiger partial charge in [0, 0.05) is 39.5 Å². The molecule has 0 spiro atoms. The standard InChI is InChI=1S/C23H16Cl4N2O/c1-12-19(26)11-20(27)21(29-12)10-16(17-9-14(24)5-7-18(17)25)15-6-4-13-3-2-8-28-22(13)23(15)30/h2-9,11,16,30H,10H2,1H3. The van der Waals surface area contributed by atoms with Crippen molar-refractivity contribution < 1.29 is 5.11 Å². The SMILES string of the molecule is Cc1nc(CC(c2cc(Cl)ccc2Cl)c2ccc3cccnc3c2O)c(Cl)cc1Cl. The first-order valence-electron chi connectivity index (χ1n) is 9.18. The first-order chi connectivity index (χ1) is 14.3. The molecule has 1 N–H and O–H groups in total. The van der Waals surface area contributed by atoms with Gasteiger partial charge in [0.2, 0.25) is 0 Å². The first-order valence-corrected chi connectivity index (χ1v) is 10.7. The lowest BCUT2D eigenvalue weighted by Gasteiger charge is -2.22. The molecule has 0 radical (unpaired) electrons. The van der Waals surface area contributed by atoms with Gasteiger partial charge in [-0.05, 0) is 42.8 Å². The second kappa shape index (κ2) is 8.60. The van der Waals surface area contributed by atoms with Crippen LogP contribution in [0.1, 0.15) is 28.4 Å². The quantitative estimate of drug-likeness (QED) is 0.328. The maximum absolute atomic E-state index is 11.1. The van der Waals surface area contributed by atoms with Crippen LogP contribution in [-0.2, 0) is 6.42 Å². The minimum absolute atomic E-state index is 0.0935. The molecule has 2 aromatic carbocycles. The molecule has 0 bridgehead atoms. The summed E-state index contributed by atoms with van der Waals surface area (Å²) in [5.74, 6) is -0.260. The number of nitrogens with zero attached hydrogens (tertiary/aromatic N) is 2. The predicted octanol–water partition coefficient (Wildman–Crippen LogP) is 7.63. The zero-order chi connectivity index (χ0) is 21.4. The van der Waals surface area contributed by atoms with Gasteiger partial charge in [0.25, 0.3) is 0 Å². The van der Waals surface area contributed by atoms with Crippen LogP contribution in [0.15, 0.2) is 54.7 Å². The van der Waals surface area contributed by atoms with Crippen molar-refractivity contribution in [3.05, 3.63) is 97.3 Å². The van der Waals surface area contributed by atoms with Crippen LogP contribution in [0.5, 0.6) is 5.75 Å². The Bertz CT molecular complexity index is 1260. The first kappa shape index (κ1) is 21.2. The number of aryl methyl sites for hydroxylation is 1. The van der Waals surface area contributed by atoms with Crippen molar-refractivity contribution in [2.75, 3.05) is 0 Å². The number of hydrogen-bond donors (Lipinski definition) is 1. The molecule has 0 saturated carbocycles. The van der Waals surface area contributed by atoms with E-state index in [2.05, 4.69) is 9.97 Å². The summed E-state index contributed by atoms with van der Waals surface area (Å²) in [6.07, 6.45) is 2.04. The molecule has 0 fully saturated rings. The maximum Gasteiger partial charge on any atom is 0.145 e. The smallest absolute Gasteiger partial charge is 0.145 e. The fraction of sp³-hybridized carbons (Fsp3) is 0.130. The highest BCUT2D eigenvalue weighted by molar-refractivity contribution is 6.35. The van der Waals surface area contributed by atoms with Crippen molar-refractivity contribution in [2.45, 2.75) is 19.3 Å². The van der Waals surface area contributed by atoms with Crippen molar-refractivity contribution in [3.63, 3.8) is 0 Å². The summed E-state index contributed by atoms with van der Waals surface area (Å²) in [6, 6.07) is 14.5. The maximum atomic E-state index is 11.1. The fourth-order valence-electron chi connectivity index (χ4n) is 3.54. The molecule has 0 aliphatic rings. The Morgan fingerprint density at radius 2 is 1.70 bits per heavy atom. The number of benzene rings is 2. The number of rotatable bonds is 4. The normalized spacial score (nSPS) is 12.3. The molecule has 2 aromatic heterocycles. The van der Waals surface area contributed by atoms with Crippen LogP contribution in [0.4, 0.5) is 0 Å². The van der Waals surface area contributed by atoms with E-state index < -0.39 is 0 Å². The highest BCUT2D eigenvalue weighted by Gasteiger charge is 2.24. The minimum atomic E-state index is -0.354. The fourth-order valence-corrected chi connectivity index (χ4v) is 4.41. The van der Waals surface area contributed by atoms with Crippen molar-refractivity contribution in [1.29, 1.82) is 0 Å². The Labute approximate surface area is 194 Å². The number of fused-ring (bicyclic) bond motifs is 1. The summed E-state index contributed by atoms with van der Waals surface area (Å²) < 4.78 is 0. The molecule has 0 amide bonds. The van der Waals surface area contributed by atoms with Crippen LogP contribution in [0, 0.1) is 6.92 Å². The molecule has 152 valence electrons. The van der Waals surface area contributed by atoms with Gasteiger partial charge in [-0.15, -0.1) is 0 Å². The molecule has 3 nitrogen and oxygen atoms in total. The van der Waals surface area contributed by atoms with Crippen molar-refractivity contribution >= 4 is 57.3 Å². The summed E-state index contributed by atoms with van der Waals surface area (Å²) in [5.41, 5.74) is 3.28. The molecule has 7 heteroatoms. The van der Waals surface area contributed by atoms with E-state index in [0.29, 0.717) is 49.0 Å². The number of pyridine rings is 2. The number of phenolic OH excluding ortho intramolecular Hbond substituents is 1. The largest absolute Gasteiger partial charge is 0.505 e. The molecule has 1 atom stereocenters. The molecule has 0 aliphatic heterocycles. The molecule has 0 aliphatic carbocycles. The highest BCUT2D eigenvalue weighted by Crippen LogP contribution is 2.41. The average molecular weight is 478 g/mol. The van der Waals surface area contributed by atoms with E-state index in [1.807, 2.05) is 31.2 Å². The van der Waals surface area contributed by atoms with E-state index in [9.17, 15) is 5.11 Å². The third kappa shape index (κ3) is 4.08. The second-order valence-electron chi connectivity index (χ2n) is 6.99. The lowest BCUT2D eigenvalue weighted by atomic mass is 9.86. The van der Waals surface area contributed by atoms with Gasteiger partial charge in [-0.2, -0.15) is 0 Å². The molecule has 2 heterocycles. The lowest BCUT2D eigenvalue weighted by Crippen LogP contribution is -2.09. The van der Waals surface area contributed by atoms with Crippen LogP contribution in [-0.4, -0.2) is 15.1 Å². The van der Waals surface area contributed by atoms with Crippen LogP contribution in [0.25, 0.3) is 10.9 Å². The van der Waals surface area contributed by atoms with E-state index >= 15 is 0 Å². The average Bonchev–Trinajstić information content (AvgIpc) is 2.73. The third-order valence-electron chi connectivity index (χ3n) is 5.06. The molecule has 30 heavy (non-hydrogen) atoms. The van der Waals surface area contributed by atoms with Crippen molar-refractivity contribution in [3.8, 4) is 5.75 Å². The summed E-state index contributed by atoms with van der Waals surface area (Å²) in [4.78, 5) is 8.91. The van der Waals surface area contributed by atoms with E-state index in [1.165, 1.54) is 0 Å². The Hall–Kier alpha value is -2.04.